The second kappa shape index (κ2) is 22.9. The summed E-state index contributed by atoms with van der Waals surface area (Å²) in [4.78, 5) is 0. The molecule has 0 aromatic rings. The van der Waals surface area contributed by atoms with Gasteiger partial charge in [-0.1, -0.05) is 90.4 Å². The molecule has 0 aromatic carbocycles. The van der Waals surface area contributed by atoms with Crippen molar-refractivity contribution in [3.05, 3.63) is 0 Å². The van der Waals surface area contributed by atoms with Crippen molar-refractivity contribution >= 4 is 0 Å². The molecule has 11 unspecified atom stereocenters. The van der Waals surface area contributed by atoms with Crippen LogP contribution in [0.25, 0.3) is 0 Å². The molecule has 13 nitrogen and oxygen atoms in total. The van der Waals surface area contributed by atoms with E-state index < -0.39 is 80.7 Å². The van der Waals surface area contributed by atoms with E-state index >= 15 is 0 Å². The average molecular weight is 641 g/mol. The Morgan fingerprint density at radius 1 is 0.568 bits per heavy atom. The lowest BCUT2D eigenvalue weighted by Crippen LogP contribution is -2.65. The number of ether oxygens (including phenoxy) is 5. The number of unbranched alkanes of at least 4 members (excludes halogenated alkanes) is 13. The van der Waals surface area contributed by atoms with Gasteiger partial charge in [-0.2, -0.15) is 0 Å². The monoisotopic (exact) mass is 640 g/mol. The molecule has 2 aliphatic heterocycles. The molecule has 2 aliphatic rings. The number of rotatable bonds is 24. The summed E-state index contributed by atoms with van der Waals surface area (Å²) in [6.07, 6.45) is 1.29. The van der Waals surface area contributed by atoms with E-state index in [4.69, 9.17) is 23.7 Å². The van der Waals surface area contributed by atoms with Crippen molar-refractivity contribution in [2.75, 3.05) is 33.0 Å². The maximum absolute atomic E-state index is 10.8. The van der Waals surface area contributed by atoms with Crippen molar-refractivity contribution < 1.29 is 64.5 Å². The Bertz CT molecular complexity index is 701. The Hall–Kier alpha value is -0.520. The first kappa shape index (κ1) is 39.7. The fraction of sp³-hybridized carbons (Fsp3) is 1.00. The van der Waals surface area contributed by atoms with E-state index in [0.29, 0.717) is 6.61 Å². The van der Waals surface area contributed by atoms with E-state index in [1.165, 1.54) is 70.6 Å². The fourth-order valence-corrected chi connectivity index (χ4v) is 5.56. The summed E-state index contributed by atoms with van der Waals surface area (Å²) < 4.78 is 27.3. The van der Waals surface area contributed by atoms with Gasteiger partial charge in [0.1, 0.15) is 54.9 Å². The van der Waals surface area contributed by atoms with Gasteiger partial charge < -0.3 is 64.5 Å². The van der Waals surface area contributed by atoms with Crippen LogP contribution in [0.15, 0.2) is 0 Å². The minimum atomic E-state index is -1.76. The molecule has 2 rings (SSSR count). The molecule has 2 heterocycles. The Morgan fingerprint density at radius 2 is 1.07 bits per heavy atom. The Balaban J connectivity index is 1.60. The third kappa shape index (κ3) is 13.7. The van der Waals surface area contributed by atoms with Gasteiger partial charge in [-0.25, -0.2) is 0 Å². The van der Waals surface area contributed by atoms with Gasteiger partial charge in [-0.05, 0) is 6.42 Å². The van der Waals surface area contributed by atoms with Crippen LogP contribution in [-0.2, 0) is 23.7 Å². The quantitative estimate of drug-likeness (QED) is 0.0677. The van der Waals surface area contributed by atoms with Crippen molar-refractivity contribution in [2.45, 2.75) is 164 Å². The van der Waals surface area contributed by atoms with Crippen molar-refractivity contribution in [1.82, 2.24) is 0 Å². The van der Waals surface area contributed by atoms with E-state index in [2.05, 4.69) is 6.92 Å². The van der Waals surface area contributed by atoms with Gasteiger partial charge in [0.15, 0.2) is 12.6 Å². The van der Waals surface area contributed by atoms with Gasteiger partial charge in [-0.3, -0.25) is 0 Å². The van der Waals surface area contributed by atoms with Crippen LogP contribution in [0.2, 0.25) is 0 Å². The highest BCUT2D eigenvalue weighted by Gasteiger charge is 2.50. The van der Waals surface area contributed by atoms with Gasteiger partial charge >= 0.3 is 0 Å². The first-order chi connectivity index (χ1) is 21.2. The van der Waals surface area contributed by atoms with Crippen LogP contribution in [0.5, 0.6) is 0 Å². The predicted octanol–water partition coefficient (Wildman–Crippen LogP) is 0.486. The van der Waals surface area contributed by atoms with Crippen LogP contribution >= 0.6 is 0 Å². The Labute approximate surface area is 262 Å². The highest BCUT2D eigenvalue weighted by molar-refractivity contribution is 4.94. The fourth-order valence-electron chi connectivity index (χ4n) is 5.56. The summed E-state index contributed by atoms with van der Waals surface area (Å²) in [5, 5.41) is 80.9. The van der Waals surface area contributed by atoms with E-state index in [-0.39, 0.29) is 13.2 Å². The molecule has 0 spiro atoms. The summed E-state index contributed by atoms with van der Waals surface area (Å²) in [5.41, 5.74) is 0. The van der Waals surface area contributed by atoms with E-state index in [9.17, 15) is 40.9 Å². The van der Waals surface area contributed by atoms with Crippen LogP contribution in [0, 0.1) is 0 Å². The maximum atomic E-state index is 10.8. The van der Waals surface area contributed by atoms with E-state index in [0.717, 1.165) is 19.3 Å². The second-order valence-electron chi connectivity index (χ2n) is 12.2. The van der Waals surface area contributed by atoms with Gasteiger partial charge in [0, 0.05) is 6.61 Å². The molecule has 0 amide bonds. The molecule has 11 atom stereocenters. The lowest BCUT2D eigenvalue weighted by molar-refractivity contribution is -0.361. The van der Waals surface area contributed by atoms with Gasteiger partial charge in [0.2, 0.25) is 0 Å². The highest BCUT2D eigenvalue weighted by Crippen LogP contribution is 2.29. The lowest BCUT2D eigenvalue weighted by atomic mass is 9.97. The molecule has 262 valence electrons. The van der Waals surface area contributed by atoms with Crippen LogP contribution < -0.4 is 0 Å². The summed E-state index contributed by atoms with van der Waals surface area (Å²) in [7, 11) is 0. The van der Waals surface area contributed by atoms with Crippen LogP contribution in [0.1, 0.15) is 96.8 Å². The van der Waals surface area contributed by atoms with Gasteiger partial charge in [0.25, 0.3) is 0 Å². The van der Waals surface area contributed by atoms with E-state index in [1.807, 2.05) is 0 Å². The Morgan fingerprint density at radius 3 is 1.61 bits per heavy atom. The van der Waals surface area contributed by atoms with Crippen molar-refractivity contribution in [1.29, 1.82) is 0 Å². The summed E-state index contributed by atoms with van der Waals surface area (Å²) in [6, 6.07) is 0. The molecular weight excluding hydrogens is 580 g/mol. The largest absolute Gasteiger partial charge is 0.394 e. The number of aliphatic hydroxyl groups excluding tert-OH is 8. The van der Waals surface area contributed by atoms with Crippen LogP contribution in [0.3, 0.4) is 0 Å². The normalized spacial score (nSPS) is 33.5. The number of aliphatic hydroxyl groups is 8. The summed E-state index contributed by atoms with van der Waals surface area (Å²) in [5.74, 6) is 0. The molecule has 44 heavy (non-hydrogen) atoms. The van der Waals surface area contributed by atoms with Crippen molar-refractivity contribution in [3.8, 4) is 0 Å². The minimum absolute atomic E-state index is 0.0120. The van der Waals surface area contributed by atoms with Gasteiger partial charge in [0.05, 0.1) is 26.4 Å². The van der Waals surface area contributed by atoms with Gasteiger partial charge in [-0.15, -0.1) is 0 Å². The topological polar surface area (TPSA) is 208 Å². The third-order valence-corrected chi connectivity index (χ3v) is 8.37. The molecule has 8 N–H and O–H groups in total. The molecule has 0 bridgehead atoms. The molecule has 0 radical (unpaired) electrons. The second-order valence-corrected chi connectivity index (χ2v) is 12.2. The van der Waals surface area contributed by atoms with Crippen LogP contribution in [-0.4, -0.2) is 141 Å². The smallest absolute Gasteiger partial charge is 0.187 e. The molecule has 2 saturated heterocycles. The molecule has 2 fully saturated rings. The highest BCUT2D eigenvalue weighted by atomic mass is 16.7. The third-order valence-electron chi connectivity index (χ3n) is 8.37. The first-order valence-electron chi connectivity index (χ1n) is 16.7. The molecule has 13 heteroatoms. The molecular formula is C31H60O13. The lowest BCUT2D eigenvalue weighted by Gasteiger charge is -2.46. The Kier molecular flexibility index (Phi) is 20.7. The number of hydrogen-bond acceptors (Lipinski definition) is 13. The zero-order chi connectivity index (χ0) is 32.3. The molecule has 0 saturated carbocycles. The van der Waals surface area contributed by atoms with Crippen molar-refractivity contribution in [2.24, 2.45) is 0 Å². The zero-order valence-electron chi connectivity index (χ0n) is 26.4. The predicted molar refractivity (Wildman–Crippen MR) is 159 cm³/mol. The standard InChI is InChI=1S/C31H60O13/c1-2-3-4-5-6-7-8-9-10-11-12-13-14-15-16-40-19-21(34)20-41-30-28(39)29(25(36)23(18-33)42-30)44-31-27(38)26(37)24(35)22(17-32)43-31/h21-39H,2-20H2,1H3. The number of hydrogen-bond donors (Lipinski definition) is 8. The minimum Gasteiger partial charge on any atom is -0.394 e. The molecule has 0 aromatic heterocycles. The van der Waals surface area contributed by atoms with E-state index in [1.54, 1.807) is 0 Å². The first-order valence-corrected chi connectivity index (χ1v) is 16.7. The summed E-state index contributed by atoms with van der Waals surface area (Å²) >= 11 is 0. The average Bonchev–Trinajstić information content (AvgIpc) is 3.02. The van der Waals surface area contributed by atoms with Crippen molar-refractivity contribution in [3.63, 3.8) is 0 Å². The summed E-state index contributed by atoms with van der Waals surface area (Å²) in [6.45, 7) is 1.14. The van der Waals surface area contributed by atoms with Crippen LogP contribution in [0.4, 0.5) is 0 Å². The zero-order valence-corrected chi connectivity index (χ0v) is 26.4. The maximum Gasteiger partial charge on any atom is 0.187 e. The molecule has 0 aliphatic carbocycles. The SMILES string of the molecule is CCCCCCCCCCCCCCCCOCC(O)COC1OC(CO)C(O)C(OC2OC(CO)C(O)C(O)C2O)C1O.